The molecule has 2 aromatic heterocycles. The van der Waals surface area contributed by atoms with Gasteiger partial charge in [0, 0.05) is 5.69 Å². The van der Waals surface area contributed by atoms with Crippen LogP contribution >= 0.6 is 11.3 Å². The molecule has 0 bridgehead atoms. The first-order valence-electron chi connectivity index (χ1n) is 6.09. The molecule has 6 heteroatoms. The van der Waals surface area contributed by atoms with E-state index < -0.39 is 0 Å². The van der Waals surface area contributed by atoms with Crippen molar-refractivity contribution in [1.82, 2.24) is 10.1 Å². The fourth-order valence-electron chi connectivity index (χ4n) is 1.71. The van der Waals surface area contributed by atoms with E-state index in [0.717, 1.165) is 4.88 Å². The van der Waals surface area contributed by atoms with E-state index in [1.165, 1.54) is 6.07 Å². The quantitative estimate of drug-likeness (QED) is 0.792. The van der Waals surface area contributed by atoms with Gasteiger partial charge in [-0.3, -0.25) is 0 Å². The summed E-state index contributed by atoms with van der Waals surface area (Å²) in [5.74, 6) is 0.807. The van der Waals surface area contributed by atoms with Gasteiger partial charge in [0.1, 0.15) is 5.82 Å². The van der Waals surface area contributed by atoms with Crippen LogP contribution in [0.5, 0.6) is 0 Å². The predicted molar refractivity (Wildman–Crippen MR) is 76.1 cm³/mol. The second kappa shape index (κ2) is 5.42. The summed E-state index contributed by atoms with van der Waals surface area (Å²) in [5.41, 5.74) is 1.30. The molecule has 20 heavy (non-hydrogen) atoms. The second-order valence-electron chi connectivity index (χ2n) is 4.31. The molecule has 0 amide bonds. The predicted octanol–water partition coefficient (Wildman–Crippen LogP) is 3.86. The van der Waals surface area contributed by atoms with E-state index in [9.17, 15) is 4.39 Å². The van der Waals surface area contributed by atoms with Crippen molar-refractivity contribution >= 4 is 17.0 Å². The first kappa shape index (κ1) is 12.8. The SMILES string of the molecule is Cc1ccc(NCc2nc(-c3cccs3)no2)cc1F. The smallest absolute Gasteiger partial charge is 0.246 e. The maximum absolute atomic E-state index is 13.4. The molecule has 2 heterocycles. The maximum Gasteiger partial charge on any atom is 0.246 e. The molecule has 3 aromatic rings. The van der Waals surface area contributed by atoms with Gasteiger partial charge in [-0.2, -0.15) is 4.98 Å². The summed E-state index contributed by atoms with van der Waals surface area (Å²) >= 11 is 1.55. The van der Waals surface area contributed by atoms with Crippen molar-refractivity contribution in [3.8, 4) is 10.7 Å². The summed E-state index contributed by atoms with van der Waals surface area (Å²) in [7, 11) is 0. The highest BCUT2D eigenvalue weighted by atomic mass is 32.1. The Labute approximate surface area is 119 Å². The van der Waals surface area contributed by atoms with Crippen molar-refractivity contribution in [2.24, 2.45) is 0 Å². The molecule has 4 nitrogen and oxygen atoms in total. The van der Waals surface area contributed by atoms with Crippen LogP contribution in [-0.2, 0) is 6.54 Å². The fraction of sp³-hybridized carbons (Fsp3) is 0.143. The molecule has 0 aliphatic heterocycles. The van der Waals surface area contributed by atoms with Gasteiger partial charge in [0.2, 0.25) is 11.7 Å². The molecular formula is C14H12FN3OS. The first-order chi connectivity index (χ1) is 9.72. The molecule has 0 aliphatic carbocycles. The van der Waals surface area contributed by atoms with E-state index in [1.54, 1.807) is 24.3 Å². The van der Waals surface area contributed by atoms with Crippen LogP contribution in [0.1, 0.15) is 11.5 Å². The van der Waals surface area contributed by atoms with Crippen molar-refractivity contribution < 1.29 is 8.91 Å². The monoisotopic (exact) mass is 289 g/mol. The van der Waals surface area contributed by atoms with E-state index in [4.69, 9.17) is 4.52 Å². The van der Waals surface area contributed by atoms with Crippen molar-refractivity contribution in [2.45, 2.75) is 13.5 Å². The molecule has 1 aromatic carbocycles. The van der Waals surface area contributed by atoms with E-state index >= 15 is 0 Å². The fourth-order valence-corrected chi connectivity index (χ4v) is 2.36. The summed E-state index contributed by atoms with van der Waals surface area (Å²) < 4.78 is 18.6. The van der Waals surface area contributed by atoms with Crippen LogP contribution in [0.25, 0.3) is 10.7 Å². The number of anilines is 1. The van der Waals surface area contributed by atoms with Gasteiger partial charge >= 0.3 is 0 Å². The number of benzene rings is 1. The third-order valence-corrected chi connectivity index (χ3v) is 3.69. The summed E-state index contributed by atoms with van der Waals surface area (Å²) in [5, 5.41) is 8.92. The zero-order chi connectivity index (χ0) is 13.9. The van der Waals surface area contributed by atoms with Gasteiger partial charge in [0.25, 0.3) is 0 Å². The number of aromatic nitrogens is 2. The minimum absolute atomic E-state index is 0.236. The van der Waals surface area contributed by atoms with E-state index in [2.05, 4.69) is 15.5 Å². The lowest BCUT2D eigenvalue weighted by Crippen LogP contribution is -2.00. The molecule has 0 spiro atoms. The Morgan fingerprint density at radius 2 is 2.25 bits per heavy atom. The van der Waals surface area contributed by atoms with E-state index in [1.807, 2.05) is 23.6 Å². The minimum Gasteiger partial charge on any atom is -0.376 e. The molecular weight excluding hydrogens is 277 g/mol. The average Bonchev–Trinajstić information content (AvgIpc) is 3.09. The highest BCUT2D eigenvalue weighted by molar-refractivity contribution is 7.13. The first-order valence-corrected chi connectivity index (χ1v) is 6.97. The summed E-state index contributed by atoms with van der Waals surface area (Å²) in [6.45, 7) is 2.09. The van der Waals surface area contributed by atoms with Crippen LogP contribution in [-0.4, -0.2) is 10.1 Å². The third kappa shape index (κ3) is 2.70. The van der Waals surface area contributed by atoms with Crippen molar-refractivity contribution in [2.75, 3.05) is 5.32 Å². The Balaban J connectivity index is 1.68. The zero-order valence-corrected chi connectivity index (χ0v) is 11.6. The summed E-state index contributed by atoms with van der Waals surface area (Å²) in [4.78, 5) is 5.24. The molecule has 0 aliphatic rings. The molecule has 1 N–H and O–H groups in total. The number of nitrogens with zero attached hydrogens (tertiary/aromatic N) is 2. The normalized spacial score (nSPS) is 10.7. The van der Waals surface area contributed by atoms with Gasteiger partial charge < -0.3 is 9.84 Å². The van der Waals surface area contributed by atoms with Gasteiger partial charge in [0.15, 0.2) is 0 Å². The number of hydrogen-bond acceptors (Lipinski definition) is 5. The molecule has 0 atom stereocenters. The zero-order valence-electron chi connectivity index (χ0n) is 10.8. The standard InChI is InChI=1S/C14H12FN3OS/c1-9-4-5-10(7-11(9)15)16-8-13-17-14(18-19-13)12-3-2-6-20-12/h2-7,16H,8H2,1H3. The van der Waals surface area contributed by atoms with Gasteiger partial charge in [-0.15, -0.1) is 11.3 Å². The lowest BCUT2D eigenvalue weighted by Gasteiger charge is -2.04. The number of nitrogens with one attached hydrogen (secondary N) is 1. The second-order valence-corrected chi connectivity index (χ2v) is 5.25. The van der Waals surface area contributed by atoms with Gasteiger partial charge in [-0.25, -0.2) is 4.39 Å². The number of hydrogen-bond donors (Lipinski definition) is 1. The van der Waals surface area contributed by atoms with Gasteiger partial charge in [-0.05, 0) is 36.1 Å². The maximum atomic E-state index is 13.4. The van der Waals surface area contributed by atoms with Crippen LogP contribution in [0.4, 0.5) is 10.1 Å². The van der Waals surface area contributed by atoms with Crippen LogP contribution in [0.15, 0.2) is 40.2 Å². The Bertz CT molecular complexity index is 709. The number of aryl methyl sites for hydroxylation is 1. The minimum atomic E-state index is -0.236. The van der Waals surface area contributed by atoms with Crippen LogP contribution in [0.3, 0.4) is 0 Å². The summed E-state index contributed by atoms with van der Waals surface area (Å²) in [6.07, 6.45) is 0. The molecule has 0 unspecified atom stereocenters. The molecule has 0 fully saturated rings. The molecule has 0 saturated heterocycles. The molecule has 102 valence electrons. The Morgan fingerprint density at radius 1 is 1.35 bits per heavy atom. The lowest BCUT2D eigenvalue weighted by molar-refractivity contribution is 0.384. The topological polar surface area (TPSA) is 51.0 Å². The molecule has 0 saturated carbocycles. The Morgan fingerprint density at radius 3 is 3.00 bits per heavy atom. The number of thiophene rings is 1. The summed E-state index contributed by atoms with van der Waals surface area (Å²) in [6, 6.07) is 8.86. The number of rotatable bonds is 4. The number of halogens is 1. The van der Waals surface area contributed by atoms with Gasteiger partial charge in [0.05, 0.1) is 11.4 Å². The Hall–Kier alpha value is -2.21. The van der Waals surface area contributed by atoms with E-state index in [0.29, 0.717) is 29.5 Å². The van der Waals surface area contributed by atoms with Crippen LogP contribution in [0.2, 0.25) is 0 Å². The lowest BCUT2D eigenvalue weighted by atomic mass is 10.2. The van der Waals surface area contributed by atoms with Crippen LogP contribution in [0, 0.1) is 12.7 Å². The van der Waals surface area contributed by atoms with Crippen molar-refractivity contribution in [1.29, 1.82) is 0 Å². The molecule has 3 rings (SSSR count). The Kier molecular flexibility index (Phi) is 3.47. The van der Waals surface area contributed by atoms with E-state index in [-0.39, 0.29) is 5.82 Å². The third-order valence-electron chi connectivity index (χ3n) is 2.83. The average molecular weight is 289 g/mol. The van der Waals surface area contributed by atoms with Crippen molar-refractivity contribution in [3.05, 3.63) is 53.0 Å². The van der Waals surface area contributed by atoms with Gasteiger partial charge in [-0.1, -0.05) is 17.3 Å². The molecule has 0 radical (unpaired) electrons. The highest BCUT2D eigenvalue weighted by Crippen LogP contribution is 2.21. The highest BCUT2D eigenvalue weighted by Gasteiger charge is 2.09. The largest absolute Gasteiger partial charge is 0.376 e. The van der Waals surface area contributed by atoms with Crippen molar-refractivity contribution in [3.63, 3.8) is 0 Å². The van der Waals surface area contributed by atoms with Crippen LogP contribution < -0.4 is 5.32 Å².